The number of guanidine groups is 1. The van der Waals surface area contributed by atoms with E-state index in [1.54, 1.807) is 14.0 Å². The van der Waals surface area contributed by atoms with Crippen molar-refractivity contribution in [1.82, 2.24) is 20.0 Å². The summed E-state index contributed by atoms with van der Waals surface area (Å²) in [6, 6.07) is 0. The molecule has 0 saturated carbocycles. The van der Waals surface area contributed by atoms with Gasteiger partial charge in [-0.1, -0.05) is 0 Å². The summed E-state index contributed by atoms with van der Waals surface area (Å²) < 4.78 is 45.3. The fourth-order valence-corrected chi connectivity index (χ4v) is 3.03. The second kappa shape index (κ2) is 10.1. The summed E-state index contributed by atoms with van der Waals surface area (Å²) in [4.78, 5) is 18.0. The summed E-state index contributed by atoms with van der Waals surface area (Å²) in [6.45, 7) is 3.12. The first-order valence-electron chi connectivity index (χ1n) is 8.48. The molecule has 1 N–H and O–H groups in total. The van der Waals surface area contributed by atoms with E-state index >= 15 is 0 Å². The average Bonchev–Trinajstić information content (AvgIpc) is 2.97. The van der Waals surface area contributed by atoms with Crippen molar-refractivity contribution >= 4 is 35.9 Å². The average molecular weight is 503 g/mol. The lowest BCUT2D eigenvalue weighted by atomic mass is 9.98. The molecule has 0 aromatic carbocycles. The van der Waals surface area contributed by atoms with Crippen LogP contribution in [0.2, 0.25) is 0 Å². The van der Waals surface area contributed by atoms with Gasteiger partial charge >= 0.3 is 12.1 Å². The lowest BCUT2D eigenvalue weighted by molar-refractivity contribution is -0.149. The van der Waals surface area contributed by atoms with E-state index in [4.69, 9.17) is 4.74 Å². The minimum Gasteiger partial charge on any atom is -0.466 e. The van der Waals surface area contributed by atoms with Crippen molar-refractivity contribution in [2.75, 3.05) is 26.7 Å². The quantitative estimate of drug-likeness (QED) is 0.296. The zero-order valence-corrected chi connectivity index (χ0v) is 17.9. The molecule has 0 aliphatic carbocycles. The van der Waals surface area contributed by atoms with E-state index in [0.717, 1.165) is 17.5 Å². The highest BCUT2D eigenvalue weighted by molar-refractivity contribution is 14.0. The van der Waals surface area contributed by atoms with Gasteiger partial charge in [0.2, 0.25) is 0 Å². The van der Waals surface area contributed by atoms with Crippen molar-refractivity contribution in [1.29, 1.82) is 0 Å². The maximum Gasteiger partial charge on any atom is 0.435 e. The first-order valence-corrected chi connectivity index (χ1v) is 8.48. The van der Waals surface area contributed by atoms with Gasteiger partial charge < -0.3 is 15.0 Å². The summed E-state index contributed by atoms with van der Waals surface area (Å²) >= 11 is 0. The van der Waals surface area contributed by atoms with Gasteiger partial charge in [0.05, 0.1) is 12.5 Å². The van der Waals surface area contributed by atoms with Crippen molar-refractivity contribution < 1.29 is 22.7 Å². The number of hydrogen-bond donors (Lipinski definition) is 1. The Balaban J connectivity index is 0.00000364. The van der Waals surface area contributed by atoms with Gasteiger partial charge in [0.15, 0.2) is 11.7 Å². The first-order chi connectivity index (χ1) is 12.3. The number of aliphatic imine (C=N–C) groups is 1. The Morgan fingerprint density at radius 1 is 1.48 bits per heavy atom. The zero-order valence-electron chi connectivity index (χ0n) is 15.5. The number of likely N-dealkylation sites (tertiary alicyclic amines) is 1. The zero-order chi connectivity index (χ0) is 19.3. The third kappa shape index (κ3) is 6.25. The van der Waals surface area contributed by atoms with Gasteiger partial charge in [-0.05, 0) is 19.8 Å². The van der Waals surface area contributed by atoms with Gasteiger partial charge in [0, 0.05) is 45.5 Å². The largest absolute Gasteiger partial charge is 0.466 e. The molecular formula is C16H25F3IN5O2. The molecule has 1 saturated heterocycles. The molecule has 2 heterocycles. The number of hydrogen-bond acceptors (Lipinski definition) is 4. The molecule has 1 atom stereocenters. The van der Waals surface area contributed by atoms with E-state index in [-0.39, 0.29) is 48.0 Å². The number of nitrogens with zero attached hydrogens (tertiary/aromatic N) is 4. The van der Waals surface area contributed by atoms with Crippen LogP contribution in [0.4, 0.5) is 13.2 Å². The third-order valence-electron chi connectivity index (χ3n) is 4.16. The van der Waals surface area contributed by atoms with Crippen molar-refractivity contribution in [3.05, 3.63) is 17.5 Å². The molecule has 27 heavy (non-hydrogen) atoms. The Morgan fingerprint density at radius 2 is 2.19 bits per heavy atom. The second-order valence-corrected chi connectivity index (χ2v) is 6.11. The maximum atomic E-state index is 13.0. The number of alkyl halides is 3. The summed E-state index contributed by atoms with van der Waals surface area (Å²) in [5.41, 5.74) is -0.869. The van der Waals surface area contributed by atoms with Crippen LogP contribution in [0.3, 0.4) is 0 Å². The molecule has 1 aliphatic rings. The third-order valence-corrected chi connectivity index (χ3v) is 4.16. The molecule has 0 radical (unpaired) electrons. The van der Waals surface area contributed by atoms with Crippen LogP contribution in [-0.2, 0) is 29.3 Å². The summed E-state index contributed by atoms with van der Waals surface area (Å²) in [5.74, 6) is -0.0541. The predicted octanol–water partition coefficient (Wildman–Crippen LogP) is 2.41. The number of carbonyl (C=O) groups is 1. The Bertz CT molecular complexity index is 663. The number of aryl methyl sites for hydroxylation is 1. The van der Waals surface area contributed by atoms with Crippen molar-refractivity contribution in [2.24, 2.45) is 18.0 Å². The Hall–Kier alpha value is -1.53. The van der Waals surface area contributed by atoms with Crippen molar-refractivity contribution in [3.63, 3.8) is 0 Å². The molecular weight excluding hydrogens is 478 g/mol. The number of aromatic nitrogens is 2. The minimum absolute atomic E-state index is 0. The van der Waals surface area contributed by atoms with E-state index < -0.39 is 11.9 Å². The molecule has 1 aromatic heterocycles. The van der Waals surface area contributed by atoms with E-state index in [1.165, 1.54) is 13.2 Å². The van der Waals surface area contributed by atoms with Crippen LogP contribution in [0, 0.1) is 5.92 Å². The standard InChI is InChI=1S/C16H24F3N5O2.HI/c1-4-26-14(25)11-6-5-7-24(10-11)15(20-2)21-8-12-9-23(3)22-13(12)16(17,18)19;/h9,11H,4-8,10H2,1-3H3,(H,20,21);1H. The molecule has 2 rings (SSSR count). The number of esters is 1. The number of rotatable bonds is 4. The van der Waals surface area contributed by atoms with Crippen LogP contribution in [0.1, 0.15) is 31.0 Å². The molecule has 1 aromatic rings. The molecule has 0 amide bonds. The summed E-state index contributed by atoms with van der Waals surface area (Å²) in [5, 5.41) is 6.43. The molecule has 7 nitrogen and oxygen atoms in total. The van der Waals surface area contributed by atoms with Gasteiger partial charge in [-0.3, -0.25) is 14.5 Å². The van der Waals surface area contributed by atoms with Crippen molar-refractivity contribution in [2.45, 2.75) is 32.5 Å². The van der Waals surface area contributed by atoms with Crippen LogP contribution < -0.4 is 5.32 Å². The highest BCUT2D eigenvalue weighted by Crippen LogP contribution is 2.30. The summed E-state index contributed by atoms with van der Waals surface area (Å²) in [6.07, 6.45) is -1.67. The van der Waals surface area contributed by atoms with Crippen LogP contribution in [0.25, 0.3) is 0 Å². The first kappa shape index (κ1) is 23.5. The number of carbonyl (C=O) groups excluding carboxylic acids is 1. The Morgan fingerprint density at radius 3 is 2.78 bits per heavy atom. The molecule has 11 heteroatoms. The van der Waals surface area contributed by atoms with Crippen molar-refractivity contribution in [3.8, 4) is 0 Å². The number of halogens is 4. The maximum absolute atomic E-state index is 13.0. The fourth-order valence-electron chi connectivity index (χ4n) is 3.03. The topological polar surface area (TPSA) is 71.8 Å². The van der Waals surface area contributed by atoms with Gasteiger partial charge in [0.1, 0.15) is 0 Å². The number of nitrogens with one attached hydrogen (secondary N) is 1. The highest BCUT2D eigenvalue weighted by Gasteiger charge is 2.37. The Labute approximate surface area is 173 Å². The van der Waals surface area contributed by atoms with Crippen LogP contribution >= 0.6 is 24.0 Å². The number of piperidine rings is 1. The van der Waals surface area contributed by atoms with Crippen LogP contribution in [0.15, 0.2) is 11.2 Å². The molecule has 1 aliphatic heterocycles. The SMILES string of the molecule is CCOC(=O)C1CCCN(C(=NC)NCc2cn(C)nc2C(F)(F)F)C1.I. The van der Waals surface area contributed by atoms with Gasteiger partial charge in [-0.15, -0.1) is 24.0 Å². The molecule has 1 unspecified atom stereocenters. The second-order valence-electron chi connectivity index (χ2n) is 6.11. The van der Waals surface area contributed by atoms with E-state index in [0.29, 0.717) is 25.7 Å². The molecule has 1 fully saturated rings. The monoisotopic (exact) mass is 503 g/mol. The lowest BCUT2D eigenvalue weighted by Crippen LogP contribution is -2.48. The smallest absolute Gasteiger partial charge is 0.435 e. The summed E-state index contributed by atoms with van der Waals surface area (Å²) in [7, 11) is 3.01. The molecule has 0 bridgehead atoms. The highest BCUT2D eigenvalue weighted by atomic mass is 127. The van der Waals surface area contributed by atoms with Crippen LogP contribution in [-0.4, -0.2) is 53.4 Å². The number of ether oxygens (including phenoxy) is 1. The van der Waals surface area contributed by atoms with Gasteiger partial charge in [0.25, 0.3) is 0 Å². The lowest BCUT2D eigenvalue weighted by Gasteiger charge is -2.33. The molecule has 0 spiro atoms. The van der Waals surface area contributed by atoms with E-state index in [9.17, 15) is 18.0 Å². The van der Waals surface area contributed by atoms with Crippen LogP contribution in [0.5, 0.6) is 0 Å². The Kier molecular flexibility index (Phi) is 8.82. The minimum atomic E-state index is -4.51. The normalized spacial score (nSPS) is 18.1. The van der Waals surface area contributed by atoms with Gasteiger partial charge in [-0.2, -0.15) is 18.3 Å². The van der Waals surface area contributed by atoms with Gasteiger partial charge in [-0.25, -0.2) is 0 Å². The molecule has 154 valence electrons. The fraction of sp³-hybridized carbons (Fsp3) is 0.688. The predicted molar refractivity (Wildman–Crippen MR) is 105 cm³/mol. The van der Waals surface area contributed by atoms with E-state index in [2.05, 4.69) is 15.4 Å². The van der Waals surface area contributed by atoms with E-state index in [1.807, 2.05) is 4.90 Å².